The molecule has 1 heterocycles. The number of hydrogen-bond acceptors (Lipinski definition) is 7. The minimum atomic E-state index is -3.67. The Balaban J connectivity index is 0.000000422. The fraction of sp³-hybridized carbons (Fsp3) is 0.364. The molecule has 0 bridgehead atoms. The van der Waals surface area contributed by atoms with Crippen molar-refractivity contribution in [1.82, 2.24) is 10.3 Å². The van der Waals surface area contributed by atoms with Crippen LogP contribution in [0.25, 0.3) is 0 Å². The van der Waals surface area contributed by atoms with Crippen LogP contribution in [-0.2, 0) is 14.9 Å². The number of aliphatic hydroxyl groups is 1. The Bertz CT molecular complexity index is 671. The maximum Gasteiger partial charge on any atom is 0.261 e. The third kappa shape index (κ3) is 5.27. The highest BCUT2D eigenvalue weighted by Crippen LogP contribution is 2.28. The lowest BCUT2D eigenvalue weighted by molar-refractivity contribution is -0.109. The molecule has 2 rings (SSSR count). The summed E-state index contributed by atoms with van der Waals surface area (Å²) in [6, 6.07) is 0. The normalized spacial score (nSPS) is 22.4. The van der Waals surface area contributed by atoms with Crippen molar-refractivity contribution >= 4 is 27.6 Å². The summed E-state index contributed by atoms with van der Waals surface area (Å²) in [6.45, 7) is 0.457. The number of likely N-dealkylation sites (tertiary alicyclic amines) is 1. The second-order valence-corrected chi connectivity index (χ2v) is 6.11. The molecule has 0 radical (unpaired) electrons. The number of ketones is 1. The first-order valence-corrected chi connectivity index (χ1v) is 7.81. The Morgan fingerprint density at radius 2 is 2.09 bits per heavy atom. The van der Waals surface area contributed by atoms with Crippen LogP contribution in [0.15, 0.2) is 28.5 Å². The highest BCUT2D eigenvalue weighted by atomic mass is 32.2. The number of rotatable bonds is 1. The summed E-state index contributed by atoms with van der Waals surface area (Å²) in [7, 11) is -1.86. The smallest absolute Gasteiger partial charge is 0.261 e. The largest absolute Gasteiger partial charge is 0.386 e. The van der Waals surface area contributed by atoms with Crippen LogP contribution in [-0.4, -0.2) is 66.4 Å². The van der Waals surface area contributed by atoms with Gasteiger partial charge in [-0.2, -0.15) is 13.5 Å². The van der Waals surface area contributed by atoms with Crippen LogP contribution >= 0.6 is 0 Å². The van der Waals surface area contributed by atoms with E-state index in [0.29, 0.717) is 24.1 Å². The van der Waals surface area contributed by atoms with Gasteiger partial charge in [0.15, 0.2) is 0 Å². The Morgan fingerprint density at radius 3 is 2.59 bits per heavy atom. The van der Waals surface area contributed by atoms with Crippen LogP contribution in [0.5, 0.6) is 0 Å². The summed E-state index contributed by atoms with van der Waals surface area (Å²) < 4.78 is 25.9. The number of allylic oxidation sites excluding steroid dienone is 2. The lowest BCUT2D eigenvalue weighted by Gasteiger charge is -2.15. The van der Waals surface area contributed by atoms with Gasteiger partial charge in [-0.05, 0) is 6.08 Å². The average molecular weight is 331 g/mol. The van der Waals surface area contributed by atoms with E-state index >= 15 is 0 Å². The SMILES string of the molecule is CN1CC(O)C2=C/C(=N/NC(=N)N)C(=O)C=C21.CS(=O)(=O)O. The molecule has 22 heavy (non-hydrogen) atoms. The average Bonchev–Trinajstić information content (AvgIpc) is 2.59. The third-order valence-electron chi connectivity index (χ3n) is 2.62. The fourth-order valence-corrected chi connectivity index (χ4v) is 1.84. The second-order valence-electron chi connectivity index (χ2n) is 4.65. The first-order valence-electron chi connectivity index (χ1n) is 5.96. The number of nitrogens with two attached hydrogens (primary N) is 1. The lowest BCUT2D eigenvalue weighted by atomic mass is 10.00. The summed E-state index contributed by atoms with van der Waals surface area (Å²) in [5, 5.41) is 20.4. The van der Waals surface area contributed by atoms with Crippen molar-refractivity contribution in [2.45, 2.75) is 6.10 Å². The van der Waals surface area contributed by atoms with E-state index in [1.807, 2.05) is 4.90 Å². The van der Waals surface area contributed by atoms with Gasteiger partial charge in [0.25, 0.3) is 10.1 Å². The van der Waals surface area contributed by atoms with E-state index in [1.165, 1.54) is 12.2 Å². The quantitative estimate of drug-likeness (QED) is 0.121. The number of carbonyl (C=O) groups excluding carboxylic acids is 1. The van der Waals surface area contributed by atoms with Crippen molar-refractivity contribution < 1.29 is 22.9 Å². The number of guanidine groups is 1. The van der Waals surface area contributed by atoms with Gasteiger partial charge in [0.05, 0.1) is 12.4 Å². The van der Waals surface area contributed by atoms with Crippen molar-refractivity contribution in [3.05, 3.63) is 23.4 Å². The van der Waals surface area contributed by atoms with Crippen LogP contribution in [0.1, 0.15) is 0 Å². The number of aliphatic hydroxyl groups excluding tert-OH is 1. The highest BCUT2D eigenvalue weighted by molar-refractivity contribution is 7.85. The number of fused-ring (bicyclic) bond motifs is 1. The topological polar surface area (TPSA) is 169 Å². The number of carbonyl (C=O) groups is 1. The molecule has 1 aliphatic heterocycles. The zero-order valence-electron chi connectivity index (χ0n) is 11.9. The molecule has 0 saturated carbocycles. The van der Waals surface area contributed by atoms with E-state index in [2.05, 4.69) is 10.5 Å². The first kappa shape index (κ1) is 17.8. The zero-order chi connectivity index (χ0) is 17.1. The molecule has 6 N–H and O–H groups in total. The monoisotopic (exact) mass is 331 g/mol. The highest BCUT2D eigenvalue weighted by Gasteiger charge is 2.32. The van der Waals surface area contributed by atoms with Gasteiger partial charge in [0.1, 0.15) is 5.71 Å². The van der Waals surface area contributed by atoms with Crippen molar-refractivity contribution in [2.24, 2.45) is 10.8 Å². The van der Waals surface area contributed by atoms with Crippen molar-refractivity contribution in [2.75, 3.05) is 19.8 Å². The van der Waals surface area contributed by atoms with Gasteiger partial charge in [-0.1, -0.05) is 0 Å². The standard InChI is InChI=1S/C10H13N5O2.CH4O3S/c1-15-4-9(17)5-2-6(13-14-10(11)12)8(16)3-7(5)15;1-5(2,3)4/h2-3,9,17H,4H2,1H3,(H4,11,12,14);1H3,(H,2,3,4)/b13-6-;. The molecule has 10 nitrogen and oxygen atoms in total. The van der Waals surface area contributed by atoms with E-state index in [0.717, 1.165) is 0 Å². The van der Waals surface area contributed by atoms with E-state index < -0.39 is 16.2 Å². The van der Waals surface area contributed by atoms with Gasteiger partial charge in [-0.25, -0.2) is 5.43 Å². The first-order chi connectivity index (χ1) is 9.99. The third-order valence-corrected chi connectivity index (χ3v) is 2.62. The molecule has 122 valence electrons. The number of β-amino-alcohol motifs (C(OH)–C–C–N with tert-alkyl or cyclic N) is 1. The molecule has 0 aromatic carbocycles. The van der Waals surface area contributed by atoms with E-state index in [9.17, 15) is 18.3 Å². The van der Waals surface area contributed by atoms with Gasteiger partial charge in [-0.15, -0.1) is 0 Å². The van der Waals surface area contributed by atoms with Gasteiger partial charge >= 0.3 is 0 Å². The molecular weight excluding hydrogens is 314 g/mol. The summed E-state index contributed by atoms with van der Waals surface area (Å²) in [5.74, 6) is -0.624. The van der Waals surface area contributed by atoms with Crippen molar-refractivity contribution in [3.63, 3.8) is 0 Å². The van der Waals surface area contributed by atoms with Gasteiger partial charge in [-0.3, -0.25) is 14.8 Å². The summed E-state index contributed by atoms with van der Waals surface area (Å²) in [6.07, 6.45) is 3.03. The Hall–Kier alpha value is -2.24. The molecule has 1 aliphatic carbocycles. The predicted octanol–water partition coefficient (Wildman–Crippen LogP) is -1.97. The van der Waals surface area contributed by atoms with Crippen LogP contribution in [0.4, 0.5) is 0 Å². The maximum atomic E-state index is 11.7. The molecule has 1 atom stereocenters. The van der Waals surface area contributed by atoms with E-state index in [-0.39, 0.29) is 17.5 Å². The van der Waals surface area contributed by atoms with Crippen LogP contribution < -0.4 is 11.2 Å². The Morgan fingerprint density at radius 1 is 1.55 bits per heavy atom. The molecular formula is C11H17N5O5S. The molecule has 2 aliphatic rings. The van der Waals surface area contributed by atoms with Crippen LogP contribution in [0.2, 0.25) is 0 Å². The molecule has 1 unspecified atom stereocenters. The predicted molar refractivity (Wildman–Crippen MR) is 79.8 cm³/mol. The Kier molecular flexibility index (Phi) is 5.41. The van der Waals surface area contributed by atoms with E-state index in [4.69, 9.17) is 15.7 Å². The number of nitrogens with one attached hydrogen (secondary N) is 2. The van der Waals surface area contributed by atoms with Gasteiger partial charge in [0, 0.05) is 30.9 Å². The molecule has 0 spiro atoms. The molecule has 0 aromatic heterocycles. The second kappa shape index (κ2) is 6.68. The minimum absolute atomic E-state index is 0.133. The van der Waals surface area contributed by atoms with Crippen molar-refractivity contribution in [3.8, 4) is 0 Å². The zero-order valence-corrected chi connectivity index (χ0v) is 12.8. The fourth-order valence-electron chi connectivity index (χ4n) is 1.84. The summed E-state index contributed by atoms with van der Waals surface area (Å²) in [5.41, 5.74) is 8.79. The van der Waals surface area contributed by atoms with Crippen LogP contribution in [0.3, 0.4) is 0 Å². The molecule has 0 amide bonds. The number of hydrazone groups is 1. The number of hydrogen-bond donors (Lipinski definition) is 5. The minimum Gasteiger partial charge on any atom is -0.386 e. The number of nitrogens with zero attached hydrogens (tertiary/aromatic N) is 2. The summed E-state index contributed by atoms with van der Waals surface area (Å²) >= 11 is 0. The van der Waals surface area contributed by atoms with Crippen molar-refractivity contribution in [1.29, 1.82) is 5.41 Å². The molecule has 1 fully saturated rings. The lowest BCUT2D eigenvalue weighted by Crippen LogP contribution is -2.29. The Labute approximate surface area is 127 Å². The van der Waals surface area contributed by atoms with Gasteiger partial charge in [0.2, 0.25) is 11.7 Å². The summed E-state index contributed by atoms with van der Waals surface area (Å²) in [4.78, 5) is 13.5. The van der Waals surface area contributed by atoms with E-state index in [1.54, 1.807) is 7.05 Å². The molecule has 0 aromatic rings. The van der Waals surface area contributed by atoms with Gasteiger partial charge < -0.3 is 15.7 Å². The molecule has 1 saturated heterocycles. The maximum absolute atomic E-state index is 11.7. The molecule has 11 heteroatoms. The number of likely N-dealkylation sites (N-methyl/N-ethyl adjacent to an activating group) is 1. The van der Waals surface area contributed by atoms with Crippen LogP contribution in [0, 0.1) is 5.41 Å².